The largest absolute Gasteiger partial charge is 0.497 e. The molecule has 27 heavy (non-hydrogen) atoms. The van der Waals surface area contributed by atoms with Crippen molar-refractivity contribution in [2.75, 3.05) is 33.8 Å². The molecule has 1 heterocycles. The lowest BCUT2D eigenvalue weighted by Gasteiger charge is -2.10. The van der Waals surface area contributed by atoms with E-state index in [-0.39, 0.29) is 6.01 Å². The van der Waals surface area contributed by atoms with E-state index in [1.807, 2.05) is 30.3 Å². The SMILES string of the molecule is COc1ccc(OC)c(CNc2nc(-c3cccc(OC)c3OC)no2)c1. The van der Waals surface area contributed by atoms with Crippen LogP contribution in [0.1, 0.15) is 5.56 Å². The van der Waals surface area contributed by atoms with Gasteiger partial charge >= 0.3 is 6.01 Å². The molecular formula is C19H21N3O5. The van der Waals surface area contributed by atoms with Gasteiger partial charge in [0.1, 0.15) is 11.5 Å². The second kappa shape index (κ2) is 8.31. The number of hydrogen-bond donors (Lipinski definition) is 1. The molecule has 142 valence electrons. The van der Waals surface area contributed by atoms with Crippen LogP contribution in [-0.2, 0) is 6.54 Å². The fraction of sp³-hybridized carbons (Fsp3) is 0.263. The summed E-state index contributed by atoms with van der Waals surface area (Å²) in [6.07, 6.45) is 0. The zero-order valence-corrected chi connectivity index (χ0v) is 15.6. The average molecular weight is 371 g/mol. The molecule has 0 bridgehead atoms. The Morgan fingerprint density at radius 1 is 0.926 bits per heavy atom. The Bertz CT molecular complexity index is 910. The molecule has 0 aliphatic carbocycles. The first-order chi connectivity index (χ1) is 13.2. The molecule has 0 atom stereocenters. The molecule has 0 saturated heterocycles. The third-order valence-corrected chi connectivity index (χ3v) is 3.99. The summed E-state index contributed by atoms with van der Waals surface area (Å²) in [5.74, 6) is 3.00. The lowest BCUT2D eigenvalue weighted by atomic mass is 10.1. The molecular weight excluding hydrogens is 350 g/mol. The number of benzene rings is 2. The third-order valence-electron chi connectivity index (χ3n) is 3.99. The highest BCUT2D eigenvalue weighted by Crippen LogP contribution is 2.36. The number of nitrogens with zero attached hydrogens (tertiary/aromatic N) is 2. The van der Waals surface area contributed by atoms with E-state index < -0.39 is 0 Å². The Hall–Kier alpha value is -3.42. The Morgan fingerprint density at radius 3 is 2.44 bits per heavy atom. The molecule has 0 fully saturated rings. The first-order valence-corrected chi connectivity index (χ1v) is 8.20. The topological polar surface area (TPSA) is 87.9 Å². The zero-order chi connectivity index (χ0) is 19.2. The van der Waals surface area contributed by atoms with Crippen molar-refractivity contribution in [1.29, 1.82) is 0 Å². The summed E-state index contributed by atoms with van der Waals surface area (Å²) in [5, 5.41) is 7.11. The van der Waals surface area contributed by atoms with Gasteiger partial charge in [-0.25, -0.2) is 0 Å². The van der Waals surface area contributed by atoms with Gasteiger partial charge in [-0.1, -0.05) is 11.2 Å². The maximum Gasteiger partial charge on any atom is 0.322 e. The van der Waals surface area contributed by atoms with Gasteiger partial charge in [-0.05, 0) is 30.3 Å². The molecule has 0 unspecified atom stereocenters. The summed E-state index contributed by atoms with van der Waals surface area (Å²) in [4.78, 5) is 4.38. The summed E-state index contributed by atoms with van der Waals surface area (Å²) in [6, 6.07) is 11.3. The fourth-order valence-corrected chi connectivity index (χ4v) is 2.66. The molecule has 2 aromatic carbocycles. The van der Waals surface area contributed by atoms with Crippen molar-refractivity contribution < 1.29 is 23.5 Å². The van der Waals surface area contributed by atoms with E-state index in [1.165, 1.54) is 0 Å². The van der Waals surface area contributed by atoms with Crippen molar-refractivity contribution in [2.45, 2.75) is 6.54 Å². The van der Waals surface area contributed by atoms with Crippen LogP contribution >= 0.6 is 0 Å². The van der Waals surface area contributed by atoms with E-state index in [1.54, 1.807) is 34.5 Å². The monoisotopic (exact) mass is 371 g/mol. The smallest absolute Gasteiger partial charge is 0.322 e. The van der Waals surface area contributed by atoms with Crippen LogP contribution in [0.15, 0.2) is 40.9 Å². The third kappa shape index (κ3) is 3.89. The van der Waals surface area contributed by atoms with Gasteiger partial charge in [-0.2, -0.15) is 4.98 Å². The second-order valence-electron chi connectivity index (χ2n) is 5.50. The fourth-order valence-electron chi connectivity index (χ4n) is 2.66. The van der Waals surface area contributed by atoms with Crippen LogP contribution in [0.2, 0.25) is 0 Å². The Balaban J connectivity index is 1.80. The predicted octanol–water partition coefficient (Wildman–Crippen LogP) is 3.38. The molecule has 0 aliphatic rings. The summed E-state index contributed by atoms with van der Waals surface area (Å²) in [6.45, 7) is 0.428. The van der Waals surface area contributed by atoms with Crippen molar-refractivity contribution >= 4 is 6.01 Å². The minimum atomic E-state index is 0.278. The van der Waals surface area contributed by atoms with Crippen molar-refractivity contribution in [2.24, 2.45) is 0 Å². The van der Waals surface area contributed by atoms with E-state index >= 15 is 0 Å². The minimum Gasteiger partial charge on any atom is -0.497 e. The van der Waals surface area contributed by atoms with Gasteiger partial charge in [0, 0.05) is 12.1 Å². The average Bonchev–Trinajstić information content (AvgIpc) is 3.20. The summed E-state index contributed by atoms with van der Waals surface area (Å²) in [5.41, 5.74) is 1.57. The van der Waals surface area contributed by atoms with Gasteiger partial charge in [-0.15, -0.1) is 0 Å². The Kier molecular flexibility index (Phi) is 5.65. The van der Waals surface area contributed by atoms with E-state index in [0.717, 1.165) is 17.1 Å². The molecule has 3 aromatic rings. The molecule has 0 saturated carbocycles. The zero-order valence-electron chi connectivity index (χ0n) is 15.6. The van der Waals surface area contributed by atoms with Crippen LogP contribution < -0.4 is 24.3 Å². The van der Waals surface area contributed by atoms with Crippen LogP contribution in [0.3, 0.4) is 0 Å². The molecule has 0 spiro atoms. The predicted molar refractivity (Wildman–Crippen MR) is 99.7 cm³/mol. The van der Waals surface area contributed by atoms with Gasteiger partial charge in [0.05, 0.1) is 34.0 Å². The van der Waals surface area contributed by atoms with Crippen molar-refractivity contribution in [3.8, 4) is 34.4 Å². The van der Waals surface area contributed by atoms with E-state index in [0.29, 0.717) is 29.4 Å². The first kappa shape index (κ1) is 18.4. The molecule has 1 N–H and O–H groups in total. The Labute approximate surface area is 157 Å². The molecule has 1 aromatic heterocycles. The summed E-state index contributed by atoms with van der Waals surface area (Å²) in [7, 11) is 6.37. The van der Waals surface area contributed by atoms with Crippen molar-refractivity contribution in [3.63, 3.8) is 0 Å². The van der Waals surface area contributed by atoms with Crippen LogP contribution in [0, 0.1) is 0 Å². The standard InChI is InChI=1S/C19H21N3O5/c1-23-13-8-9-15(24-2)12(10-13)11-20-19-21-18(22-27-19)14-6-5-7-16(25-3)17(14)26-4/h5-10H,11H2,1-4H3,(H,20,21,22). The number of aromatic nitrogens is 2. The Morgan fingerprint density at radius 2 is 1.74 bits per heavy atom. The number of ether oxygens (including phenoxy) is 4. The number of hydrogen-bond acceptors (Lipinski definition) is 8. The minimum absolute atomic E-state index is 0.278. The van der Waals surface area contributed by atoms with Gasteiger partial charge in [0.2, 0.25) is 5.82 Å². The number of methoxy groups -OCH3 is 4. The van der Waals surface area contributed by atoms with E-state index in [4.69, 9.17) is 23.5 Å². The van der Waals surface area contributed by atoms with Crippen LogP contribution in [0.5, 0.6) is 23.0 Å². The normalized spacial score (nSPS) is 10.4. The van der Waals surface area contributed by atoms with E-state index in [9.17, 15) is 0 Å². The summed E-state index contributed by atoms with van der Waals surface area (Å²) < 4.78 is 26.7. The lowest BCUT2D eigenvalue weighted by molar-refractivity contribution is 0.355. The second-order valence-corrected chi connectivity index (χ2v) is 5.50. The first-order valence-electron chi connectivity index (χ1n) is 8.20. The highest BCUT2D eigenvalue weighted by Gasteiger charge is 2.17. The highest BCUT2D eigenvalue weighted by atomic mass is 16.5. The van der Waals surface area contributed by atoms with Gasteiger partial charge < -0.3 is 28.8 Å². The molecule has 0 amide bonds. The molecule has 0 aliphatic heterocycles. The molecule has 0 radical (unpaired) electrons. The lowest BCUT2D eigenvalue weighted by Crippen LogP contribution is -2.02. The van der Waals surface area contributed by atoms with Crippen LogP contribution in [-0.4, -0.2) is 38.6 Å². The number of para-hydroxylation sites is 1. The molecule has 8 heteroatoms. The van der Waals surface area contributed by atoms with Gasteiger partial charge in [0.25, 0.3) is 0 Å². The van der Waals surface area contributed by atoms with Crippen molar-refractivity contribution in [1.82, 2.24) is 10.1 Å². The van der Waals surface area contributed by atoms with Crippen LogP contribution in [0.25, 0.3) is 11.4 Å². The number of rotatable bonds is 8. The highest BCUT2D eigenvalue weighted by molar-refractivity contribution is 5.69. The quantitative estimate of drug-likeness (QED) is 0.645. The maximum absolute atomic E-state index is 5.42. The van der Waals surface area contributed by atoms with Gasteiger partial charge in [0.15, 0.2) is 11.5 Å². The van der Waals surface area contributed by atoms with E-state index in [2.05, 4.69) is 15.5 Å². The maximum atomic E-state index is 5.42. The van der Waals surface area contributed by atoms with Crippen molar-refractivity contribution in [3.05, 3.63) is 42.0 Å². The number of anilines is 1. The molecule has 3 rings (SSSR count). The summed E-state index contributed by atoms with van der Waals surface area (Å²) >= 11 is 0. The number of nitrogens with one attached hydrogen (secondary N) is 1. The van der Waals surface area contributed by atoms with Crippen LogP contribution in [0.4, 0.5) is 6.01 Å². The van der Waals surface area contributed by atoms with Gasteiger partial charge in [-0.3, -0.25) is 0 Å². The molecule has 8 nitrogen and oxygen atoms in total.